The first-order valence-electron chi connectivity index (χ1n) is 6.23. The number of esters is 1. The first kappa shape index (κ1) is 12.6. The van der Waals surface area contributed by atoms with Crippen LogP contribution < -0.4 is 0 Å². The Balaban J connectivity index is 1.94. The number of carbonyl (C=O) groups is 1. The van der Waals surface area contributed by atoms with Crippen molar-refractivity contribution < 1.29 is 14.6 Å². The molecule has 2 aliphatic rings. The van der Waals surface area contributed by atoms with Gasteiger partial charge in [0.2, 0.25) is 0 Å². The molecule has 0 aromatic carbocycles. The Bertz CT molecular complexity index is 336. The normalized spacial score (nSPS) is 36.7. The molecule has 2 saturated heterocycles. The van der Waals surface area contributed by atoms with Crippen molar-refractivity contribution in [3.8, 4) is 0 Å². The van der Waals surface area contributed by atoms with Gasteiger partial charge in [-0.3, -0.25) is 4.90 Å². The number of aliphatic hydroxyl groups is 1. The summed E-state index contributed by atoms with van der Waals surface area (Å²) in [6.07, 6.45) is 3.61. The number of allylic oxidation sites excluding steroid dienone is 1. The van der Waals surface area contributed by atoms with Gasteiger partial charge in [-0.1, -0.05) is 5.57 Å². The van der Waals surface area contributed by atoms with Crippen LogP contribution in [-0.4, -0.2) is 47.3 Å². The van der Waals surface area contributed by atoms with Gasteiger partial charge < -0.3 is 9.84 Å². The van der Waals surface area contributed by atoms with Crippen LogP contribution in [0, 0.1) is 0 Å². The topological polar surface area (TPSA) is 49.8 Å². The summed E-state index contributed by atoms with van der Waals surface area (Å²) in [7, 11) is 2.04. The average molecular weight is 239 g/mol. The number of piperidine rings is 1. The van der Waals surface area contributed by atoms with Gasteiger partial charge >= 0.3 is 5.97 Å². The maximum atomic E-state index is 11.5. The minimum absolute atomic E-state index is 0.0403. The van der Waals surface area contributed by atoms with Gasteiger partial charge in [0, 0.05) is 31.0 Å². The first-order chi connectivity index (χ1) is 7.97. The van der Waals surface area contributed by atoms with Crippen molar-refractivity contribution in [3.05, 3.63) is 11.6 Å². The number of nitrogens with zero attached hydrogens (tertiary/aromatic N) is 1. The van der Waals surface area contributed by atoms with E-state index >= 15 is 0 Å². The molecule has 2 bridgehead atoms. The number of rotatable bonds is 2. The number of ether oxygens (including phenoxy) is 1. The zero-order chi connectivity index (χ0) is 12.6. The highest BCUT2D eigenvalue weighted by molar-refractivity contribution is 5.82. The first-order valence-corrected chi connectivity index (χ1v) is 6.23. The molecule has 2 unspecified atom stereocenters. The smallest absolute Gasteiger partial charge is 0.330 e. The second-order valence-electron chi connectivity index (χ2n) is 5.44. The van der Waals surface area contributed by atoms with Crippen LogP contribution in [0.5, 0.6) is 0 Å². The summed E-state index contributed by atoms with van der Waals surface area (Å²) in [4.78, 5) is 13.8. The van der Waals surface area contributed by atoms with E-state index in [1.165, 1.54) is 6.08 Å². The fraction of sp³-hybridized carbons (Fsp3) is 0.769. The van der Waals surface area contributed by atoms with E-state index in [0.29, 0.717) is 6.04 Å². The molecule has 0 spiro atoms. The van der Waals surface area contributed by atoms with Crippen LogP contribution in [0.3, 0.4) is 0 Å². The lowest BCUT2D eigenvalue weighted by Gasteiger charge is -2.35. The van der Waals surface area contributed by atoms with E-state index in [2.05, 4.69) is 4.90 Å². The molecule has 1 N–H and O–H groups in total. The molecule has 0 radical (unpaired) electrons. The van der Waals surface area contributed by atoms with Crippen LogP contribution in [0.1, 0.15) is 33.1 Å². The zero-order valence-electron chi connectivity index (χ0n) is 10.7. The molecule has 2 fully saturated rings. The van der Waals surface area contributed by atoms with Crippen molar-refractivity contribution in [1.29, 1.82) is 0 Å². The third kappa shape index (κ3) is 2.69. The molecule has 0 aromatic heterocycles. The molecule has 4 heteroatoms. The third-order valence-corrected chi connectivity index (χ3v) is 3.79. The Morgan fingerprint density at radius 1 is 1.35 bits per heavy atom. The van der Waals surface area contributed by atoms with Crippen molar-refractivity contribution in [2.24, 2.45) is 0 Å². The minimum Gasteiger partial charge on any atom is -0.459 e. The third-order valence-electron chi connectivity index (χ3n) is 3.79. The molecular weight excluding hydrogens is 218 g/mol. The Kier molecular flexibility index (Phi) is 3.54. The van der Waals surface area contributed by atoms with Crippen molar-refractivity contribution in [2.45, 2.75) is 57.4 Å². The van der Waals surface area contributed by atoms with Crippen LogP contribution in [0.25, 0.3) is 0 Å². The van der Waals surface area contributed by atoms with E-state index in [1.807, 2.05) is 20.9 Å². The predicted octanol–water partition coefficient (Wildman–Crippen LogP) is 1.09. The second kappa shape index (κ2) is 4.78. The molecule has 4 atom stereocenters. The predicted molar refractivity (Wildman–Crippen MR) is 64.5 cm³/mol. The summed E-state index contributed by atoms with van der Waals surface area (Å²) in [5.74, 6) is -0.256. The Morgan fingerprint density at radius 3 is 2.65 bits per heavy atom. The lowest BCUT2D eigenvalue weighted by Crippen LogP contribution is -2.45. The average Bonchev–Trinajstić information content (AvgIpc) is 2.39. The number of likely N-dealkylation sites (N-methyl/N-ethyl adjacent to an activating group) is 1. The van der Waals surface area contributed by atoms with Gasteiger partial charge in [0.25, 0.3) is 0 Å². The van der Waals surface area contributed by atoms with Crippen molar-refractivity contribution in [1.82, 2.24) is 4.90 Å². The summed E-state index contributed by atoms with van der Waals surface area (Å²) in [6.45, 7) is 3.76. The molecule has 96 valence electrons. The summed E-state index contributed by atoms with van der Waals surface area (Å²) >= 11 is 0. The Labute approximate surface area is 102 Å². The van der Waals surface area contributed by atoms with E-state index in [9.17, 15) is 9.90 Å². The molecule has 0 amide bonds. The molecule has 2 heterocycles. The summed E-state index contributed by atoms with van der Waals surface area (Å²) in [5, 5.41) is 9.87. The fourth-order valence-corrected chi connectivity index (χ4v) is 2.93. The van der Waals surface area contributed by atoms with E-state index in [1.54, 1.807) is 0 Å². The minimum atomic E-state index is -0.267. The molecule has 2 rings (SSSR count). The maximum absolute atomic E-state index is 11.5. The molecule has 0 saturated carbocycles. The van der Waals surface area contributed by atoms with Crippen molar-refractivity contribution in [2.75, 3.05) is 7.05 Å². The Hall–Kier alpha value is -0.870. The molecule has 2 aliphatic heterocycles. The van der Waals surface area contributed by atoms with E-state index < -0.39 is 0 Å². The van der Waals surface area contributed by atoms with Crippen LogP contribution in [-0.2, 0) is 9.53 Å². The molecule has 17 heavy (non-hydrogen) atoms. The molecule has 0 aliphatic carbocycles. The molecule has 0 aromatic rings. The summed E-state index contributed by atoms with van der Waals surface area (Å²) in [6, 6.07) is 0.506. The lowest BCUT2D eigenvalue weighted by molar-refractivity contribution is -0.146. The highest BCUT2D eigenvalue weighted by Gasteiger charge is 2.45. The quantitative estimate of drug-likeness (QED) is 0.579. The SMILES string of the molecule is CC(C)=CC(=O)O[C@@H]1CC2C[C@@H](O)C(C1)N2C. The van der Waals surface area contributed by atoms with Crippen LogP contribution in [0.4, 0.5) is 0 Å². The van der Waals surface area contributed by atoms with E-state index in [0.717, 1.165) is 24.8 Å². The number of hydrogen-bond acceptors (Lipinski definition) is 4. The highest BCUT2D eigenvalue weighted by Crippen LogP contribution is 2.35. The number of fused-ring (bicyclic) bond motifs is 2. The zero-order valence-corrected chi connectivity index (χ0v) is 10.7. The lowest BCUT2D eigenvalue weighted by atomic mass is 10.0. The van der Waals surface area contributed by atoms with Crippen molar-refractivity contribution in [3.63, 3.8) is 0 Å². The van der Waals surface area contributed by atoms with Gasteiger partial charge in [-0.2, -0.15) is 0 Å². The second-order valence-corrected chi connectivity index (χ2v) is 5.44. The van der Waals surface area contributed by atoms with Gasteiger partial charge in [-0.05, 0) is 27.3 Å². The molecular formula is C13H21NO3. The van der Waals surface area contributed by atoms with Crippen LogP contribution >= 0.6 is 0 Å². The number of aliphatic hydroxyl groups excluding tert-OH is 1. The van der Waals surface area contributed by atoms with Crippen LogP contribution in [0.15, 0.2) is 11.6 Å². The summed E-state index contributed by atoms with van der Waals surface area (Å²) in [5.41, 5.74) is 0.950. The largest absolute Gasteiger partial charge is 0.459 e. The van der Waals surface area contributed by atoms with Gasteiger partial charge in [0.1, 0.15) is 6.10 Å². The van der Waals surface area contributed by atoms with Gasteiger partial charge in [-0.15, -0.1) is 0 Å². The standard InChI is InChI=1S/C13H21NO3/c1-8(2)4-13(16)17-10-5-9-6-12(15)11(7-10)14(9)3/h4,9-12,15H,5-7H2,1-3H3/t9?,10-,11?,12-/m1/s1. The summed E-state index contributed by atoms with van der Waals surface area (Å²) < 4.78 is 5.43. The van der Waals surface area contributed by atoms with E-state index in [-0.39, 0.29) is 24.2 Å². The fourth-order valence-electron chi connectivity index (χ4n) is 2.93. The monoisotopic (exact) mass is 239 g/mol. The van der Waals surface area contributed by atoms with Gasteiger partial charge in [0.05, 0.1) is 6.10 Å². The number of hydrogen-bond donors (Lipinski definition) is 1. The highest BCUT2D eigenvalue weighted by atomic mass is 16.5. The maximum Gasteiger partial charge on any atom is 0.330 e. The van der Waals surface area contributed by atoms with Gasteiger partial charge in [-0.25, -0.2) is 4.79 Å². The van der Waals surface area contributed by atoms with Crippen LogP contribution in [0.2, 0.25) is 0 Å². The van der Waals surface area contributed by atoms with E-state index in [4.69, 9.17) is 4.74 Å². The number of carbonyl (C=O) groups excluding carboxylic acids is 1. The van der Waals surface area contributed by atoms with Crippen molar-refractivity contribution >= 4 is 5.97 Å². The van der Waals surface area contributed by atoms with Gasteiger partial charge in [0.15, 0.2) is 0 Å². The molecule has 4 nitrogen and oxygen atoms in total. The Morgan fingerprint density at radius 2 is 2.06 bits per heavy atom.